The van der Waals surface area contributed by atoms with E-state index in [1.165, 1.54) is 11.3 Å². The Morgan fingerprint density at radius 3 is 2.78 bits per heavy atom. The molecule has 0 spiro atoms. The minimum atomic E-state index is -0.213. The first-order valence-corrected chi connectivity index (χ1v) is 7.20. The maximum atomic E-state index is 14.0. The van der Waals surface area contributed by atoms with Gasteiger partial charge in [-0.3, -0.25) is 0 Å². The van der Waals surface area contributed by atoms with Gasteiger partial charge >= 0.3 is 0 Å². The summed E-state index contributed by atoms with van der Waals surface area (Å²) in [6.07, 6.45) is 1.07. The first-order chi connectivity index (χ1) is 8.72. The van der Waals surface area contributed by atoms with Crippen molar-refractivity contribution in [3.63, 3.8) is 0 Å². The molecule has 0 saturated carbocycles. The summed E-state index contributed by atoms with van der Waals surface area (Å²) in [6, 6.07) is 7.11. The molecule has 2 aromatic rings. The van der Waals surface area contributed by atoms with E-state index in [9.17, 15) is 4.39 Å². The second-order valence-electron chi connectivity index (χ2n) is 4.09. The van der Waals surface area contributed by atoms with Crippen LogP contribution in [0.2, 0.25) is 5.02 Å². The van der Waals surface area contributed by atoms with Gasteiger partial charge in [0.25, 0.3) is 0 Å². The monoisotopic (exact) mass is 283 g/mol. The van der Waals surface area contributed by atoms with Crippen LogP contribution in [0.4, 0.5) is 4.39 Å². The van der Waals surface area contributed by atoms with Crippen LogP contribution in [0.15, 0.2) is 29.6 Å². The second kappa shape index (κ2) is 6.32. The van der Waals surface area contributed by atoms with Crippen LogP contribution in [0.3, 0.4) is 0 Å². The highest BCUT2D eigenvalue weighted by atomic mass is 35.5. The number of hydrogen-bond acceptors (Lipinski definition) is 2. The summed E-state index contributed by atoms with van der Waals surface area (Å²) in [5, 5.41) is 5.73. The fourth-order valence-electron chi connectivity index (χ4n) is 1.75. The van der Waals surface area contributed by atoms with Gasteiger partial charge in [-0.05, 0) is 36.0 Å². The van der Waals surface area contributed by atoms with Crippen LogP contribution in [0.1, 0.15) is 18.9 Å². The normalized spacial score (nSPS) is 10.8. The number of rotatable bonds is 5. The number of nitrogens with one attached hydrogen (secondary N) is 1. The van der Waals surface area contributed by atoms with Crippen molar-refractivity contribution in [2.24, 2.45) is 0 Å². The Morgan fingerprint density at radius 1 is 1.33 bits per heavy atom. The van der Waals surface area contributed by atoms with Crippen LogP contribution in [0.25, 0.3) is 10.4 Å². The number of benzene rings is 1. The minimum absolute atomic E-state index is 0.213. The van der Waals surface area contributed by atoms with Gasteiger partial charge in [0.1, 0.15) is 5.82 Å². The topological polar surface area (TPSA) is 12.0 Å². The first kappa shape index (κ1) is 13.5. The van der Waals surface area contributed by atoms with Gasteiger partial charge in [-0.15, -0.1) is 11.3 Å². The molecule has 0 bridgehead atoms. The molecule has 1 N–H and O–H groups in total. The molecule has 0 fully saturated rings. The summed E-state index contributed by atoms with van der Waals surface area (Å²) < 4.78 is 14.0. The molecule has 0 amide bonds. The quantitative estimate of drug-likeness (QED) is 0.784. The van der Waals surface area contributed by atoms with Crippen LogP contribution in [-0.4, -0.2) is 6.54 Å². The van der Waals surface area contributed by atoms with Crippen molar-refractivity contribution in [2.45, 2.75) is 19.9 Å². The van der Waals surface area contributed by atoms with E-state index in [0.717, 1.165) is 23.4 Å². The van der Waals surface area contributed by atoms with Crippen LogP contribution in [-0.2, 0) is 6.54 Å². The third-order valence-electron chi connectivity index (χ3n) is 2.65. The van der Waals surface area contributed by atoms with E-state index < -0.39 is 0 Å². The summed E-state index contributed by atoms with van der Waals surface area (Å²) in [5.41, 5.74) is 1.53. The van der Waals surface area contributed by atoms with Crippen LogP contribution in [0, 0.1) is 5.82 Å². The molecule has 0 aliphatic carbocycles. The fourth-order valence-corrected chi connectivity index (χ4v) is 2.93. The van der Waals surface area contributed by atoms with E-state index in [0.29, 0.717) is 17.1 Å². The fraction of sp³-hybridized carbons (Fsp3) is 0.286. The van der Waals surface area contributed by atoms with Gasteiger partial charge in [-0.2, -0.15) is 0 Å². The van der Waals surface area contributed by atoms with E-state index in [1.807, 2.05) is 11.4 Å². The van der Waals surface area contributed by atoms with Crippen molar-refractivity contribution >= 4 is 22.9 Å². The first-order valence-electron chi connectivity index (χ1n) is 5.95. The molecule has 1 aromatic heterocycles. The van der Waals surface area contributed by atoms with Crippen molar-refractivity contribution in [1.29, 1.82) is 0 Å². The maximum absolute atomic E-state index is 14.0. The van der Waals surface area contributed by atoms with Gasteiger partial charge in [0.2, 0.25) is 0 Å². The second-order valence-corrected chi connectivity index (χ2v) is 5.41. The number of halogens is 2. The minimum Gasteiger partial charge on any atom is -0.313 e. The summed E-state index contributed by atoms with van der Waals surface area (Å²) >= 11 is 7.48. The van der Waals surface area contributed by atoms with Crippen molar-refractivity contribution in [3.8, 4) is 10.4 Å². The maximum Gasteiger partial charge on any atom is 0.132 e. The van der Waals surface area contributed by atoms with Crippen LogP contribution in [0.5, 0.6) is 0 Å². The molecule has 0 saturated heterocycles. The summed E-state index contributed by atoms with van der Waals surface area (Å²) in [7, 11) is 0. The summed E-state index contributed by atoms with van der Waals surface area (Å²) in [5.74, 6) is -0.213. The number of thiophene rings is 1. The van der Waals surface area contributed by atoms with E-state index >= 15 is 0 Å². The Bertz CT molecular complexity index is 524. The van der Waals surface area contributed by atoms with E-state index in [-0.39, 0.29) is 5.82 Å². The lowest BCUT2D eigenvalue weighted by Crippen LogP contribution is -2.13. The molecule has 96 valence electrons. The van der Waals surface area contributed by atoms with Crippen molar-refractivity contribution in [2.75, 3.05) is 6.54 Å². The molecule has 18 heavy (non-hydrogen) atoms. The highest BCUT2D eigenvalue weighted by Crippen LogP contribution is 2.34. The Hall–Kier alpha value is -0.900. The van der Waals surface area contributed by atoms with Gasteiger partial charge in [-0.25, -0.2) is 4.39 Å². The SMILES string of the molecule is CCCNCc1ccc(-c2sccc2Cl)c(F)c1. The molecule has 0 radical (unpaired) electrons. The van der Waals surface area contributed by atoms with Gasteiger partial charge in [-0.1, -0.05) is 30.7 Å². The Morgan fingerprint density at radius 2 is 2.17 bits per heavy atom. The van der Waals surface area contributed by atoms with Crippen molar-refractivity contribution in [1.82, 2.24) is 5.32 Å². The smallest absolute Gasteiger partial charge is 0.132 e. The molecule has 2 rings (SSSR count). The molecule has 0 aliphatic rings. The summed E-state index contributed by atoms with van der Waals surface area (Å²) in [4.78, 5) is 0.794. The Kier molecular flexibility index (Phi) is 4.75. The molecule has 1 nitrogen and oxygen atoms in total. The predicted octanol–water partition coefficient (Wildman–Crippen LogP) is 4.71. The van der Waals surface area contributed by atoms with Crippen LogP contribution >= 0.6 is 22.9 Å². The zero-order chi connectivity index (χ0) is 13.0. The largest absolute Gasteiger partial charge is 0.313 e. The predicted molar refractivity (Wildman–Crippen MR) is 76.7 cm³/mol. The molecule has 1 heterocycles. The molecular formula is C14H15ClFNS. The average Bonchev–Trinajstić information content (AvgIpc) is 2.76. The molecule has 4 heteroatoms. The molecule has 1 aromatic carbocycles. The lowest BCUT2D eigenvalue weighted by molar-refractivity contribution is 0.622. The van der Waals surface area contributed by atoms with Gasteiger partial charge in [0, 0.05) is 12.1 Å². The highest BCUT2D eigenvalue weighted by molar-refractivity contribution is 7.14. The van der Waals surface area contributed by atoms with Crippen molar-refractivity contribution in [3.05, 3.63) is 46.0 Å². The van der Waals surface area contributed by atoms with Gasteiger partial charge in [0.05, 0.1) is 9.90 Å². The zero-order valence-electron chi connectivity index (χ0n) is 10.2. The van der Waals surface area contributed by atoms with Gasteiger partial charge in [0.15, 0.2) is 0 Å². The van der Waals surface area contributed by atoms with Crippen LogP contribution < -0.4 is 5.32 Å². The molecular weight excluding hydrogens is 269 g/mol. The van der Waals surface area contributed by atoms with E-state index in [2.05, 4.69) is 12.2 Å². The third kappa shape index (κ3) is 3.10. The van der Waals surface area contributed by atoms with E-state index in [1.54, 1.807) is 18.2 Å². The summed E-state index contributed by atoms with van der Waals surface area (Å²) in [6.45, 7) is 3.75. The highest BCUT2D eigenvalue weighted by Gasteiger charge is 2.10. The lowest BCUT2D eigenvalue weighted by Gasteiger charge is -2.06. The lowest BCUT2D eigenvalue weighted by atomic mass is 10.1. The standard InChI is InChI=1S/C14H15ClFNS/c1-2-6-17-9-10-3-4-11(13(16)8-10)14-12(15)5-7-18-14/h3-5,7-8,17H,2,6,9H2,1H3. The third-order valence-corrected chi connectivity index (χ3v) is 4.03. The van der Waals surface area contributed by atoms with Gasteiger partial charge < -0.3 is 5.32 Å². The molecule has 0 aliphatic heterocycles. The van der Waals surface area contributed by atoms with Crippen molar-refractivity contribution < 1.29 is 4.39 Å². The molecule has 0 unspecified atom stereocenters. The molecule has 0 atom stereocenters. The number of hydrogen-bond donors (Lipinski definition) is 1. The zero-order valence-corrected chi connectivity index (χ0v) is 11.7. The average molecular weight is 284 g/mol. The Balaban J connectivity index is 2.18. The Labute approximate surface area is 116 Å². The van der Waals surface area contributed by atoms with E-state index in [4.69, 9.17) is 11.6 Å².